The number of benzene rings is 1. The summed E-state index contributed by atoms with van der Waals surface area (Å²) in [5.74, 6) is 1.36. The second-order valence-electron chi connectivity index (χ2n) is 3.29. The van der Waals surface area contributed by atoms with Crippen LogP contribution in [0, 0.1) is 0 Å². The van der Waals surface area contributed by atoms with Crippen molar-refractivity contribution in [2.45, 2.75) is 6.10 Å². The van der Waals surface area contributed by atoms with Crippen molar-refractivity contribution in [2.24, 2.45) is 0 Å². The first kappa shape index (κ1) is 10.3. The van der Waals surface area contributed by atoms with Gasteiger partial charge in [-0.15, -0.1) is 0 Å². The van der Waals surface area contributed by atoms with Crippen LogP contribution in [0.2, 0.25) is 0 Å². The van der Waals surface area contributed by atoms with Crippen LogP contribution in [0.5, 0.6) is 11.5 Å². The van der Waals surface area contributed by atoms with Crippen molar-refractivity contribution < 1.29 is 19.3 Å². The number of epoxide rings is 1. The molecule has 1 atom stereocenters. The number of aliphatic hydroxyl groups excluding tert-OH is 1. The highest BCUT2D eigenvalue weighted by Gasteiger charge is 2.23. The quantitative estimate of drug-likeness (QED) is 0.707. The first-order chi connectivity index (χ1) is 7.40. The third-order valence-corrected chi connectivity index (χ3v) is 2.03. The largest absolute Gasteiger partial charge is 0.487 e. The maximum atomic E-state index is 8.66. The standard InChI is InChI=1S/C11H14O4/c12-5-6-13-10-3-1-2-4-11(10)15-8-9-7-14-9/h1-4,9,12H,5-8H2/t9-/m0/s1. The van der Waals surface area contributed by atoms with E-state index in [0.717, 1.165) is 6.61 Å². The molecule has 1 aliphatic rings. The Morgan fingerprint density at radius 3 is 2.53 bits per heavy atom. The van der Waals surface area contributed by atoms with Crippen LogP contribution in [0.1, 0.15) is 0 Å². The molecule has 0 unspecified atom stereocenters. The molecule has 0 amide bonds. The molecule has 1 N–H and O–H groups in total. The van der Waals surface area contributed by atoms with Gasteiger partial charge in [-0.25, -0.2) is 0 Å². The third kappa shape index (κ3) is 3.11. The molecule has 15 heavy (non-hydrogen) atoms. The van der Waals surface area contributed by atoms with Crippen molar-refractivity contribution in [3.8, 4) is 11.5 Å². The fourth-order valence-corrected chi connectivity index (χ4v) is 1.19. The monoisotopic (exact) mass is 210 g/mol. The maximum Gasteiger partial charge on any atom is 0.161 e. The number of aliphatic hydroxyl groups is 1. The fourth-order valence-electron chi connectivity index (χ4n) is 1.19. The highest BCUT2D eigenvalue weighted by atomic mass is 16.6. The maximum absolute atomic E-state index is 8.66. The Balaban J connectivity index is 1.93. The van der Waals surface area contributed by atoms with Crippen LogP contribution in [0.15, 0.2) is 24.3 Å². The summed E-state index contributed by atoms with van der Waals surface area (Å²) >= 11 is 0. The summed E-state index contributed by atoms with van der Waals surface area (Å²) in [5.41, 5.74) is 0. The van der Waals surface area contributed by atoms with E-state index in [9.17, 15) is 0 Å². The molecular formula is C11H14O4. The Kier molecular flexibility index (Phi) is 3.42. The molecule has 0 saturated carbocycles. The number of para-hydroxylation sites is 2. The lowest BCUT2D eigenvalue weighted by atomic mass is 10.3. The minimum Gasteiger partial charge on any atom is -0.487 e. The predicted molar refractivity (Wildman–Crippen MR) is 54.3 cm³/mol. The molecule has 1 saturated heterocycles. The molecule has 82 valence electrons. The summed E-state index contributed by atoms with van der Waals surface area (Å²) in [7, 11) is 0. The Bertz CT molecular complexity index is 309. The van der Waals surface area contributed by atoms with Gasteiger partial charge in [-0.3, -0.25) is 0 Å². The molecule has 0 radical (unpaired) electrons. The van der Waals surface area contributed by atoms with E-state index in [0.29, 0.717) is 18.1 Å². The Morgan fingerprint density at radius 1 is 1.27 bits per heavy atom. The van der Waals surface area contributed by atoms with Gasteiger partial charge < -0.3 is 19.3 Å². The molecule has 2 rings (SSSR count). The normalized spacial score (nSPS) is 18.6. The average Bonchev–Trinajstić information content (AvgIpc) is 3.08. The SMILES string of the molecule is OCCOc1ccccc1OC[C@@H]1CO1. The van der Waals surface area contributed by atoms with Crippen LogP contribution in [-0.2, 0) is 4.74 Å². The number of rotatable bonds is 6. The molecule has 1 aromatic carbocycles. The zero-order valence-electron chi connectivity index (χ0n) is 8.39. The van der Waals surface area contributed by atoms with E-state index in [-0.39, 0.29) is 19.3 Å². The van der Waals surface area contributed by atoms with Gasteiger partial charge in [-0.2, -0.15) is 0 Å². The lowest BCUT2D eigenvalue weighted by Crippen LogP contribution is -2.07. The third-order valence-electron chi connectivity index (χ3n) is 2.03. The molecule has 1 fully saturated rings. The van der Waals surface area contributed by atoms with Crippen molar-refractivity contribution in [1.29, 1.82) is 0 Å². The first-order valence-corrected chi connectivity index (χ1v) is 4.97. The van der Waals surface area contributed by atoms with E-state index in [4.69, 9.17) is 19.3 Å². The highest BCUT2D eigenvalue weighted by Crippen LogP contribution is 2.27. The van der Waals surface area contributed by atoms with Crippen LogP contribution in [0.4, 0.5) is 0 Å². The van der Waals surface area contributed by atoms with Gasteiger partial charge in [0.05, 0.1) is 13.2 Å². The number of hydrogen-bond donors (Lipinski definition) is 1. The Hall–Kier alpha value is -1.26. The minimum absolute atomic E-state index is 0.0000698. The molecule has 0 aromatic heterocycles. The summed E-state index contributed by atoms with van der Waals surface area (Å²) in [4.78, 5) is 0. The second-order valence-corrected chi connectivity index (χ2v) is 3.29. The highest BCUT2D eigenvalue weighted by molar-refractivity contribution is 5.39. The van der Waals surface area contributed by atoms with E-state index >= 15 is 0 Å². The second kappa shape index (κ2) is 5.00. The van der Waals surface area contributed by atoms with Crippen LogP contribution < -0.4 is 9.47 Å². The lowest BCUT2D eigenvalue weighted by molar-refractivity contribution is 0.190. The topological polar surface area (TPSA) is 51.2 Å². The molecule has 0 spiro atoms. The molecule has 1 heterocycles. The predicted octanol–water partition coefficient (Wildman–Crippen LogP) is 0.835. The smallest absolute Gasteiger partial charge is 0.161 e. The van der Waals surface area contributed by atoms with E-state index in [1.54, 1.807) is 0 Å². The molecule has 1 aromatic rings. The molecular weight excluding hydrogens is 196 g/mol. The van der Waals surface area contributed by atoms with E-state index in [2.05, 4.69) is 0 Å². The van der Waals surface area contributed by atoms with Crippen molar-refractivity contribution in [1.82, 2.24) is 0 Å². The van der Waals surface area contributed by atoms with Crippen LogP contribution >= 0.6 is 0 Å². The van der Waals surface area contributed by atoms with Crippen LogP contribution in [-0.4, -0.2) is 37.6 Å². The molecule has 4 nitrogen and oxygen atoms in total. The van der Waals surface area contributed by atoms with Gasteiger partial charge in [-0.1, -0.05) is 12.1 Å². The molecule has 4 heteroatoms. The van der Waals surface area contributed by atoms with Gasteiger partial charge >= 0.3 is 0 Å². The molecule has 1 aliphatic heterocycles. The van der Waals surface area contributed by atoms with E-state index < -0.39 is 0 Å². The summed E-state index contributed by atoms with van der Waals surface area (Å²) in [5, 5.41) is 8.66. The van der Waals surface area contributed by atoms with Gasteiger partial charge in [-0.05, 0) is 12.1 Å². The van der Waals surface area contributed by atoms with Crippen LogP contribution in [0.25, 0.3) is 0 Å². The molecule has 0 aliphatic carbocycles. The lowest BCUT2D eigenvalue weighted by Gasteiger charge is -2.10. The van der Waals surface area contributed by atoms with Gasteiger partial charge in [0.15, 0.2) is 11.5 Å². The zero-order chi connectivity index (χ0) is 10.5. The first-order valence-electron chi connectivity index (χ1n) is 4.97. The van der Waals surface area contributed by atoms with Gasteiger partial charge in [0.2, 0.25) is 0 Å². The summed E-state index contributed by atoms with van der Waals surface area (Å²) < 4.78 is 15.9. The summed E-state index contributed by atoms with van der Waals surface area (Å²) in [6.07, 6.45) is 0.232. The van der Waals surface area contributed by atoms with E-state index in [1.165, 1.54) is 0 Å². The van der Waals surface area contributed by atoms with Crippen LogP contribution in [0.3, 0.4) is 0 Å². The number of hydrogen-bond acceptors (Lipinski definition) is 4. The molecule has 0 bridgehead atoms. The van der Waals surface area contributed by atoms with Gasteiger partial charge in [0.1, 0.15) is 19.3 Å². The average molecular weight is 210 g/mol. The minimum atomic E-state index is 0.0000698. The van der Waals surface area contributed by atoms with Gasteiger partial charge in [0.25, 0.3) is 0 Å². The summed E-state index contributed by atoms with van der Waals surface area (Å²) in [6.45, 7) is 1.61. The van der Waals surface area contributed by atoms with Crippen molar-refractivity contribution in [3.05, 3.63) is 24.3 Å². The van der Waals surface area contributed by atoms with Crippen molar-refractivity contribution in [3.63, 3.8) is 0 Å². The van der Waals surface area contributed by atoms with Gasteiger partial charge in [0, 0.05) is 0 Å². The number of ether oxygens (including phenoxy) is 3. The Labute approximate surface area is 88.4 Å². The van der Waals surface area contributed by atoms with Crippen molar-refractivity contribution in [2.75, 3.05) is 26.4 Å². The van der Waals surface area contributed by atoms with Crippen molar-refractivity contribution >= 4 is 0 Å². The summed E-state index contributed by atoms with van der Waals surface area (Å²) in [6, 6.07) is 7.41. The fraction of sp³-hybridized carbons (Fsp3) is 0.455. The Morgan fingerprint density at radius 2 is 1.93 bits per heavy atom. The zero-order valence-corrected chi connectivity index (χ0v) is 8.39. The van der Waals surface area contributed by atoms with E-state index in [1.807, 2.05) is 24.3 Å².